The average Bonchev–Trinajstić information content (AvgIpc) is 3.38. The maximum absolute atomic E-state index is 2.71. The topological polar surface area (TPSA) is 6.48 Å². The van der Waals surface area contributed by atoms with Gasteiger partial charge in [-0.2, -0.15) is 0 Å². The third kappa shape index (κ3) is 8.39. The van der Waals surface area contributed by atoms with Crippen molar-refractivity contribution in [2.24, 2.45) is 0 Å². The van der Waals surface area contributed by atoms with Crippen molar-refractivity contribution in [3.05, 3.63) is 245 Å². The lowest BCUT2D eigenvalue weighted by Gasteiger charge is -2.48. The number of hydrogen-bond donors (Lipinski definition) is 0. The van der Waals surface area contributed by atoms with E-state index >= 15 is 0 Å². The van der Waals surface area contributed by atoms with Gasteiger partial charge in [0.15, 0.2) is 0 Å². The second-order valence-corrected chi connectivity index (χ2v) is 24.9. The summed E-state index contributed by atoms with van der Waals surface area (Å²) in [5.74, 6) is -0.180. The molecule has 0 fully saturated rings. The maximum atomic E-state index is 2.71. The lowest BCUT2D eigenvalue weighted by Crippen LogP contribution is -2.62. The van der Waals surface area contributed by atoms with Crippen molar-refractivity contribution in [3.63, 3.8) is 0 Å². The van der Waals surface area contributed by atoms with Gasteiger partial charge >= 0.3 is 0 Å². The molecule has 0 saturated carbocycles. The van der Waals surface area contributed by atoms with Crippen LogP contribution < -0.4 is 26.2 Å². The van der Waals surface area contributed by atoms with Gasteiger partial charge in [-0.25, -0.2) is 0 Å². The normalized spacial score (nSPS) is 13.4. The molecule has 9 aromatic rings. The molecule has 0 spiro atoms. The Morgan fingerprint density at radius 2 is 0.662 bits per heavy atom. The third-order valence-electron chi connectivity index (χ3n) is 15.7. The molecule has 0 unspecified atom stereocenters. The molecule has 2 heterocycles. The largest absolute Gasteiger partial charge is 0.311 e. The number of benzene rings is 9. The number of nitrogens with zero attached hydrogens (tertiary/aromatic N) is 2. The van der Waals surface area contributed by atoms with Crippen LogP contribution in [0.25, 0.3) is 22.3 Å². The highest BCUT2D eigenvalue weighted by atomic mass is 15.2. The molecule has 0 saturated heterocycles. The van der Waals surface area contributed by atoms with E-state index in [0.717, 1.165) is 0 Å². The van der Waals surface area contributed by atoms with Crippen LogP contribution in [-0.4, -0.2) is 6.71 Å². The minimum atomic E-state index is -0.180. The second kappa shape index (κ2) is 18.2. The fraction of sp³-hybridized carbons (Fsp3) is 0.239. The number of para-hydroxylation sites is 4. The molecule has 0 aliphatic carbocycles. The van der Waals surface area contributed by atoms with Gasteiger partial charge < -0.3 is 9.80 Å². The van der Waals surface area contributed by atoms with Crippen LogP contribution in [-0.2, 0) is 21.7 Å². The molecule has 0 radical (unpaired) electrons. The van der Waals surface area contributed by atoms with Gasteiger partial charge in [-0.15, -0.1) is 0 Å². The zero-order chi connectivity index (χ0) is 51.9. The molecule has 74 heavy (non-hydrogen) atoms. The van der Waals surface area contributed by atoms with Gasteiger partial charge in [0.1, 0.15) is 0 Å². The summed E-state index contributed by atoms with van der Waals surface area (Å²) in [6, 6.07) is 78.4. The van der Waals surface area contributed by atoms with Crippen LogP contribution in [0.3, 0.4) is 0 Å². The Labute approximate surface area is 442 Å². The minimum Gasteiger partial charge on any atom is -0.311 e. The number of hydrogen-bond acceptors (Lipinski definition) is 2. The van der Waals surface area contributed by atoms with Crippen LogP contribution in [0.1, 0.15) is 128 Å². The van der Waals surface area contributed by atoms with E-state index in [0.29, 0.717) is 0 Å². The summed E-state index contributed by atoms with van der Waals surface area (Å²) in [5, 5.41) is 0. The van der Waals surface area contributed by atoms with E-state index in [9.17, 15) is 0 Å². The Balaban J connectivity index is 1.37. The molecule has 0 bridgehead atoms. The first-order chi connectivity index (χ1) is 35.3. The number of fused-ring (bicyclic) bond motifs is 4. The monoisotopic (exact) mass is 963 g/mol. The van der Waals surface area contributed by atoms with Crippen LogP contribution in [0.15, 0.2) is 206 Å². The zero-order valence-electron chi connectivity index (χ0n) is 45.7. The summed E-state index contributed by atoms with van der Waals surface area (Å²) in [6.45, 7) is 28.5. The molecule has 11 rings (SSSR count). The maximum Gasteiger partial charge on any atom is 0.252 e. The summed E-state index contributed by atoms with van der Waals surface area (Å²) in [7, 11) is 0. The van der Waals surface area contributed by atoms with Gasteiger partial charge in [-0.05, 0) is 124 Å². The molecule has 2 aliphatic rings. The van der Waals surface area contributed by atoms with Crippen LogP contribution in [0.4, 0.5) is 34.1 Å². The van der Waals surface area contributed by atoms with E-state index < -0.39 is 0 Å². The molecule has 2 aliphatic heterocycles. The molecule has 0 aromatic heterocycles. The quantitative estimate of drug-likeness (QED) is 0.116. The van der Waals surface area contributed by atoms with Crippen LogP contribution in [0, 0.1) is 0 Å². The molecular weight excluding hydrogens is 892 g/mol. The lowest BCUT2D eigenvalue weighted by molar-refractivity contribution is 0.587. The predicted molar refractivity (Wildman–Crippen MR) is 320 cm³/mol. The highest BCUT2D eigenvalue weighted by molar-refractivity contribution is 7.00. The van der Waals surface area contributed by atoms with Crippen molar-refractivity contribution in [3.8, 4) is 22.3 Å². The van der Waals surface area contributed by atoms with E-state index in [1.165, 1.54) is 112 Å². The SMILES string of the molecule is CC(C)(C)c1ccccc1N1c2cc(C(c3ccccc3-c3ccccc3)c3ccccc3-c3ccccc3)cc3c2B(c2cccc(C(C)(C)C)c21)c1cccc(C(C)(C)C)c1N3c1ccccc1C(C)(C)C. The van der Waals surface area contributed by atoms with Crippen molar-refractivity contribution < 1.29 is 0 Å². The second-order valence-electron chi connectivity index (χ2n) is 24.9. The van der Waals surface area contributed by atoms with Gasteiger partial charge in [0.05, 0.1) is 0 Å². The first-order valence-corrected chi connectivity index (χ1v) is 26.8. The summed E-state index contributed by atoms with van der Waals surface area (Å²) in [5.41, 5.74) is 24.8. The summed E-state index contributed by atoms with van der Waals surface area (Å²) in [4.78, 5) is 5.43. The standard InChI is InChI=1S/C71H71BN2/c1-68(2,3)54-37-23-25-43-60(54)73-62-45-49(64(52-35-21-19-33-50(52)47-29-15-13-16-30-47)53-36-22-20-34-51(53)48-31-17-14-18-32-48)46-63-65(62)72(58-41-27-39-56(66(58)73)70(7,8)9)59-42-28-40-57(71(10,11)12)67(59)74(63)61-44-26-24-38-55(61)69(4,5)6/h13-46,64H,1-12H3. The minimum absolute atomic E-state index is 0.0496. The molecule has 0 N–H and O–H groups in total. The molecule has 2 nitrogen and oxygen atoms in total. The Bertz CT molecular complexity index is 3330. The molecule has 9 aromatic carbocycles. The molecule has 0 atom stereocenters. The summed E-state index contributed by atoms with van der Waals surface area (Å²) < 4.78 is 0. The van der Waals surface area contributed by atoms with Gasteiger partial charge in [-0.3, -0.25) is 0 Å². The van der Waals surface area contributed by atoms with Crippen LogP contribution >= 0.6 is 0 Å². The smallest absolute Gasteiger partial charge is 0.252 e. The van der Waals surface area contributed by atoms with E-state index in [-0.39, 0.29) is 34.3 Å². The fourth-order valence-corrected chi connectivity index (χ4v) is 12.4. The molecular formula is C71H71BN2. The predicted octanol–water partition coefficient (Wildman–Crippen LogP) is 17.5. The molecule has 368 valence electrons. The number of anilines is 6. The first-order valence-electron chi connectivity index (χ1n) is 26.8. The third-order valence-corrected chi connectivity index (χ3v) is 15.7. The fourth-order valence-electron chi connectivity index (χ4n) is 12.4. The van der Waals surface area contributed by atoms with Gasteiger partial charge in [-0.1, -0.05) is 265 Å². The van der Waals surface area contributed by atoms with Gasteiger partial charge in [0.25, 0.3) is 6.71 Å². The van der Waals surface area contributed by atoms with Crippen molar-refractivity contribution in [2.45, 2.75) is 111 Å². The Morgan fingerprint density at radius 1 is 0.324 bits per heavy atom. The van der Waals surface area contributed by atoms with Crippen LogP contribution in [0.2, 0.25) is 0 Å². The first kappa shape index (κ1) is 48.9. The molecule has 0 amide bonds. The lowest BCUT2D eigenvalue weighted by atomic mass is 9.33. The Morgan fingerprint density at radius 3 is 1.05 bits per heavy atom. The highest BCUT2D eigenvalue weighted by Crippen LogP contribution is 2.54. The number of rotatable bonds is 7. The van der Waals surface area contributed by atoms with Crippen LogP contribution in [0.5, 0.6) is 0 Å². The van der Waals surface area contributed by atoms with E-state index in [2.05, 4.69) is 299 Å². The Hall–Kier alpha value is -7.36. The summed E-state index contributed by atoms with van der Waals surface area (Å²) in [6.07, 6.45) is 0. The molecule has 3 heteroatoms. The summed E-state index contributed by atoms with van der Waals surface area (Å²) >= 11 is 0. The van der Waals surface area contributed by atoms with E-state index in [1.807, 2.05) is 0 Å². The van der Waals surface area contributed by atoms with Crippen molar-refractivity contribution in [1.29, 1.82) is 0 Å². The van der Waals surface area contributed by atoms with Crippen molar-refractivity contribution >= 4 is 57.2 Å². The zero-order valence-corrected chi connectivity index (χ0v) is 45.7. The van der Waals surface area contributed by atoms with Crippen molar-refractivity contribution in [2.75, 3.05) is 9.80 Å². The van der Waals surface area contributed by atoms with Gasteiger partial charge in [0, 0.05) is 40.0 Å². The van der Waals surface area contributed by atoms with E-state index in [4.69, 9.17) is 0 Å². The average molecular weight is 963 g/mol. The van der Waals surface area contributed by atoms with Crippen molar-refractivity contribution in [1.82, 2.24) is 0 Å². The highest BCUT2D eigenvalue weighted by Gasteiger charge is 2.48. The van der Waals surface area contributed by atoms with Gasteiger partial charge in [0.2, 0.25) is 0 Å². The van der Waals surface area contributed by atoms with E-state index in [1.54, 1.807) is 0 Å². The Kier molecular flexibility index (Phi) is 12.0.